The average Bonchev–Trinajstić information content (AvgIpc) is 3.13. The number of nitrogens with one attached hydrogen (secondary N) is 1. The summed E-state index contributed by atoms with van der Waals surface area (Å²) in [7, 11) is -3.72. The standard InChI is InChI=1S/C21H25N5O4S/c27-20(22-12-8-16-26-21(28)25-15-7-4-11-19(25)23-26)17-9-2-3-10-18(17)31(29,30)24-13-5-1-6-14-24/h2-4,7,9-11,15H,1,5-6,8,12-14,16H2,(H,22,27). The van der Waals surface area contributed by atoms with Crippen LogP contribution in [0.15, 0.2) is 58.4 Å². The van der Waals surface area contributed by atoms with E-state index in [1.807, 2.05) is 6.07 Å². The zero-order chi connectivity index (χ0) is 21.8. The summed E-state index contributed by atoms with van der Waals surface area (Å²) < 4.78 is 30.4. The van der Waals surface area contributed by atoms with Gasteiger partial charge in [0.15, 0.2) is 5.65 Å². The van der Waals surface area contributed by atoms with Gasteiger partial charge in [0.25, 0.3) is 5.91 Å². The maximum atomic E-state index is 13.0. The van der Waals surface area contributed by atoms with E-state index in [1.165, 1.54) is 25.5 Å². The minimum absolute atomic E-state index is 0.0333. The summed E-state index contributed by atoms with van der Waals surface area (Å²) >= 11 is 0. The molecule has 0 radical (unpaired) electrons. The predicted octanol–water partition coefficient (Wildman–Crippen LogP) is 1.49. The summed E-state index contributed by atoms with van der Waals surface area (Å²) in [6.45, 7) is 1.59. The number of hydrogen-bond acceptors (Lipinski definition) is 5. The highest BCUT2D eigenvalue weighted by molar-refractivity contribution is 7.89. The average molecular weight is 444 g/mol. The summed E-state index contributed by atoms with van der Waals surface area (Å²) in [6, 6.07) is 11.6. The molecular weight excluding hydrogens is 418 g/mol. The zero-order valence-electron chi connectivity index (χ0n) is 17.1. The van der Waals surface area contributed by atoms with Gasteiger partial charge in [-0.3, -0.25) is 9.20 Å². The molecule has 4 rings (SSSR count). The predicted molar refractivity (Wildman–Crippen MR) is 115 cm³/mol. The Hall–Kier alpha value is -2.98. The van der Waals surface area contributed by atoms with Crippen LogP contribution in [0, 0.1) is 0 Å². The van der Waals surface area contributed by atoms with Crippen molar-refractivity contribution in [2.45, 2.75) is 37.1 Å². The molecule has 0 unspecified atom stereocenters. The van der Waals surface area contributed by atoms with Crippen LogP contribution in [0.4, 0.5) is 0 Å². The van der Waals surface area contributed by atoms with Gasteiger partial charge in [0, 0.05) is 32.4 Å². The van der Waals surface area contributed by atoms with Crippen molar-refractivity contribution >= 4 is 21.6 Å². The lowest BCUT2D eigenvalue weighted by molar-refractivity contribution is 0.0949. The Bertz CT molecular complexity index is 1240. The number of piperidine rings is 1. The Morgan fingerprint density at radius 1 is 1.03 bits per heavy atom. The molecule has 0 saturated carbocycles. The van der Waals surface area contributed by atoms with Crippen LogP contribution < -0.4 is 11.0 Å². The number of hydrogen-bond donors (Lipinski definition) is 1. The maximum Gasteiger partial charge on any atom is 0.350 e. The zero-order valence-corrected chi connectivity index (χ0v) is 17.9. The van der Waals surface area contributed by atoms with Gasteiger partial charge < -0.3 is 5.32 Å². The molecule has 10 heteroatoms. The highest BCUT2D eigenvalue weighted by Gasteiger charge is 2.29. The van der Waals surface area contributed by atoms with Crippen molar-refractivity contribution in [3.8, 4) is 0 Å². The van der Waals surface area contributed by atoms with E-state index in [0.29, 0.717) is 31.7 Å². The van der Waals surface area contributed by atoms with Gasteiger partial charge in [0.05, 0.1) is 10.5 Å². The first-order valence-electron chi connectivity index (χ1n) is 10.4. The summed E-state index contributed by atoms with van der Waals surface area (Å²) in [5.41, 5.74) is 0.464. The number of amides is 1. The van der Waals surface area contributed by atoms with E-state index in [4.69, 9.17) is 0 Å². The lowest BCUT2D eigenvalue weighted by atomic mass is 10.2. The van der Waals surface area contributed by atoms with Crippen LogP contribution in [0.2, 0.25) is 0 Å². The molecule has 0 aliphatic carbocycles. The molecule has 1 aromatic carbocycles. The van der Waals surface area contributed by atoms with Crippen molar-refractivity contribution < 1.29 is 13.2 Å². The smallest absolute Gasteiger partial charge is 0.350 e. The number of carbonyl (C=O) groups is 1. The Morgan fingerprint density at radius 3 is 2.55 bits per heavy atom. The topological polar surface area (TPSA) is 106 Å². The van der Waals surface area contributed by atoms with E-state index in [2.05, 4.69) is 10.4 Å². The molecule has 1 amide bonds. The third-order valence-corrected chi connectivity index (χ3v) is 7.34. The molecular formula is C21H25N5O4S. The Balaban J connectivity index is 1.41. The van der Waals surface area contributed by atoms with Crippen molar-refractivity contribution in [3.63, 3.8) is 0 Å². The molecule has 0 bridgehead atoms. The van der Waals surface area contributed by atoms with Crippen molar-refractivity contribution in [2.75, 3.05) is 19.6 Å². The summed E-state index contributed by atoms with van der Waals surface area (Å²) in [4.78, 5) is 25.1. The molecule has 1 N–H and O–H groups in total. The van der Waals surface area contributed by atoms with E-state index in [1.54, 1.807) is 30.5 Å². The highest BCUT2D eigenvalue weighted by atomic mass is 32.2. The SMILES string of the molecule is O=C(NCCCn1nc2ccccn2c1=O)c1ccccc1S(=O)(=O)N1CCCCC1. The fourth-order valence-corrected chi connectivity index (χ4v) is 5.47. The molecule has 3 aromatic rings. The number of pyridine rings is 1. The lowest BCUT2D eigenvalue weighted by Gasteiger charge is -2.26. The number of aromatic nitrogens is 3. The Labute approximate surface area is 180 Å². The summed E-state index contributed by atoms with van der Waals surface area (Å²) in [5, 5.41) is 7.02. The second-order valence-corrected chi connectivity index (χ2v) is 9.41. The van der Waals surface area contributed by atoms with E-state index < -0.39 is 15.9 Å². The van der Waals surface area contributed by atoms with Gasteiger partial charge in [0.1, 0.15) is 0 Å². The molecule has 164 valence electrons. The lowest BCUT2D eigenvalue weighted by Crippen LogP contribution is -2.37. The van der Waals surface area contributed by atoms with Crippen LogP contribution in [0.25, 0.3) is 5.65 Å². The normalized spacial score (nSPS) is 15.2. The monoisotopic (exact) mass is 443 g/mol. The van der Waals surface area contributed by atoms with E-state index in [0.717, 1.165) is 19.3 Å². The fraction of sp³-hybridized carbons (Fsp3) is 0.381. The van der Waals surface area contributed by atoms with Gasteiger partial charge >= 0.3 is 5.69 Å². The van der Waals surface area contributed by atoms with Gasteiger partial charge in [-0.2, -0.15) is 4.31 Å². The van der Waals surface area contributed by atoms with E-state index in [9.17, 15) is 18.0 Å². The van der Waals surface area contributed by atoms with Crippen LogP contribution in [-0.2, 0) is 16.6 Å². The van der Waals surface area contributed by atoms with Crippen molar-refractivity contribution in [1.82, 2.24) is 23.8 Å². The third kappa shape index (κ3) is 4.40. The number of nitrogens with zero attached hydrogens (tertiary/aromatic N) is 4. The van der Waals surface area contributed by atoms with E-state index >= 15 is 0 Å². The molecule has 3 heterocycles. The first-order chi connectivity index (χ1) is 15.0. The number of sulfonamides is 1. The van der Waals surface area contributed by atoms with Gasteiger partial charge in [-0.25, -0.2) is 17.9 Å². The maximum absolute atomic E-state index is 13.0. The number of rotatable bonds is 7. The highest BCUT2D eigenvalue weighted by Crippen LogP contribution is 2.23. The second kappa shape index (κ2) is 9.03. The molecule has 9 nitrogen and oxygen atoms in total. The number of aryl methyl sites for hydroxylation is 1. The molecule has 1 aliphatic rings. The third-order valence-electron chi connectivity index (χ3n) is 5.39. The van der Waals surface area contributed by atoms with Crippen LogP contribution in [0.5, 0.6) is 0 Å². The molecule has 31 heavy (non-hydrogen) atoms. The second-order valence-electron chi connectivity index (χ2n) is 7.50. The first kappa shape index (κ1) is 21.3. The summed E-state index contributed by atoms with van der Waals surface area (Å²) in [6.07, 6.45) is 4.81. The van der Waals surface area contributed by atoms with Gasteiger partial charge in [-0.15, -0.1) is 5.10 Å². The van der Waals surface area contributed by atoms with Crippen LogP contribution >= 0.6 is 0 Å². The molecule has 1 saturated heterocycles. The van der Waals surface area contributed by atoms with Crippen LogP contribution in [0.3, 0.4) is 0 Å². The van der Waals surface area contributed by atoms with Gasteiger partial charge in [-0.05, 0) is 43.5 Å². The van der Waals surface area contributed by atoms with Gasteiger partial charge in [-0.1, -0.05) is 24.6 Å². The van der Waals surface area contributed by atoms with Crippen molar-refractivity contribution in [1.29, 1.82) is 0 Å². The minimum atomic E-state index is -3.72. The quantitative estimate of drug-likeness (QED) is 0.557. The van der Waals surface area contributed by atoms with Crippen molar-refractivity contribution in [2.24, 2.45) is 0 Å². The van der Waals surface area contributed by atoms with Crippen LogP contribution in [0.1, 0.15) is 36.0 Å². The molecule has 1 fully saturated rings. The Kier molecular flexibility index (Phi) is 6.19. The molecule has 1 aliphatic heterocycles. The number of fused-ring (bicyclic) bond motifs is 1. The van der Waals surface area contributed by atoms with Gasteiger partial charge in [0.2, 0.25) is 10.0 Å². The largest absolute Gasteiger partial charge is 0.352 e. The summed E-state index contributed by atoms with van der Waals surface area (Å²) in [5.74, 6) is -0.446. The fourth-order valence-electron chi connectivity index (χ4n) is 3.76. The molecule has 0 atom stereocenters. The van der Waals surface area contributed by atoms with Crippen LogP contribution in [-0.4, -0.2) is 52.4 Å². The number of carbonyl (C=O) groups excluding carboxylic acids is 1. The van der Waals surface area contributed by atoms with Crippen molar-refractivity contribution in [3.05, 3.63) is 64.7 Å². The first-order valence-corrected chi connectivity index (χ1v) is 11.8. The Morgan fingerprint density at radius 2 is 1.77 bits per heavy atom. The molecule has 2 aromatic heterocycles. The minimum Gasteiger partial charge on any atom is -0.352 e. The number of benzene rings is 1. The van der Waals surface area contributed by atoms with E-state index in [-0.39, 0.29) is 22.7 Å². The molecule has 0 spiro atoms.